The van der Waals surface area contributed by atoms with E-state index >= 15 is 0 Å². The average Bonchev–Trinajstić information content (AvgIpc) is 3.12. The van der Waals surface area contributed by atoms with Crippen LogP contribution in [0.4, 0.5) is 0 Å². The molecule has 1 aliphatic carbocycles. The number of pyridine rings is 1. The zero-order chi connectivity index (χ0) is 20.8. The number of hydrogen-bond acceptors (Lipinski definition) is 5. The normalized spacial score (nSPS) is 14.4. The minimum Gasteiger partial charge on any atom is -0.453 e. The van der Waals surface area contributed by atoms with Gasteiger partial charge >= 0.3 is 0 Å². The molecule has 1 amide bonds. The molecule has 30 heavy (non-hydrogen) atoms. The number of imidazole rings is 1. The first-order chi connectivity index (χ1) is 14.5. The Balaban J connectivity index is 1.62. The standard InChI is InChI=1S/C22H20N6O2/c1-27(2)22(29)14(10-23)9-15-5-6-18(30-15)21-26-17-11-25-20-16(7-8-24-20)19(17)28(21)12-13-3-4-13/h5-9,11,13H,3-4,12H2,1-2H3,(H,24,25)/b14-9+. The molecule has 8 heteroatoms. The average molecular weight is 400 g/mol. The number of nitrogens with one attached hydrogen (secondary N) is 1. The first-order valence-corrected chi connectivity index (χ1v) is 9.81. The molecule has 1 N–H and O–H groups in total. The van der Waals surface area contributed by atoms with Gasteiger partial charge in [-0.05, 0) is 37.0 Å². The molecule has 1 fully saturated rings. The van der Waals surface area contributed by atoms with Crippen molar-refractivity contribution in [2.24, 2.45) is 5.92 Å². The largest absolute Gasteiger partial charge is 0.453 e. The maximum Gasteiger partial charge on any atom is 0.264 e. The van der Waals surface area contributed by atoms with Crippen LogP contribution in [0, 0.1) is 17.2 Å². The number of likely N-dealkylation sites (N-methyl/N-ethyl adjacent to an activating group) is 1. The lowest BCUT2D eigenvalue weighted by Crippen LogP contribution is -2.22. The number of nitriles is 1. The summed E-state index contributed by atoms with van der Waals surface area (Å²) in [6, 6.07) is 7.54. The van der Waals surface area contributed by atoms with Gasteiger partial charge in [0.25, 0.3) is 5.91 Å². The van der Waals surface area contributed by atoms with E-state index in [9.17, 15) is 10.1 Å². The van der Waals surface area contributed by atoms with E-state index in [2.05, 4.69) is 14.5 Å². The van der Waals surface area contributed by atoms with Crippen molar-refractivity contribution in [3.8, 4) is 17.7 Å². The zero-order valence-corrected chi connectivity index (χ0v) is 16.7. The number of fused-ring (bicyclic) bond motifs is 3. The topological polar surface area (TPSA) is 104 Å². The second-order valence-electron chi connectivity index (χ2n) is 7.79. The monoisotopic (exact) mass is 400 g/mol. The molecule has 150 valence electrons. The van der Waals surface area contributed by atoms with Gasteiger partial charge in [0.2, 0.25) is 0 Å². The predicted molar refractivity (Wildman–Crippen MR) is 112 cm³/mol. The number of hydrogen-bond donors (Lipinski definition) is 1. The summed E-state index contributed by atoms with van der Waals surface area (Å²) >= 11 is 0. The summed E-state index contributed by atoms with van der Waals surface area (Å²) in [5, 5.41) is 10.4. The quantitative estimate of drug-likeness (QED) is 0.407. The fraction of sp³-hybridized carbons (Fsp3) is 0.273. The first kappa shape index (κ1) is 18.2. The summed E-state index contributed by atoms with van der Waals surface area (Å²) in [5.74, 6) is 2.03. The van der Waals surface area contributed by atoms with Crippen LogP contribution < -0.4 is 0 Å². The number of furan rings is 1. The van der Waals surface area contributed by atoms with Crippen LogP contribution in [0.25, 0.3) is 39.7 Å². The van der Waals surface area contributed by atoms with Gasteiger partial charge in [-0.15, -0.1) is 0 Å². The van der Waals surface area contributed by atoms with Crippen molar-refractivity contribution in [2.45, 2.75) is 19.4 Å². The van der Waals surface area contributed by atoms with E-state index in [1.807, 2.05) is 24.4 Å². The maximum absolute atomic E-state index is 12.1. The van der Waals surface area contributed by atoms with Crippen LogP contribution in [-0.2, 0) is 11.3 Å². The van der Waals surface area contributed by atoms with Crippen LogP contribution in [0.1, 0.15) is 18.6 Å². The van der Waals surface area contributed by atoms with Gasteiger partial charge in [-0.2, -0.15) is 5.26 Å². The van der Waals surface area contributed by atoms with E-state index in [0.29, 0.717) is 17.4 Å². The minimum absolute atomic E-state index is 0.0191. The molecule has 4 heterocycles. The van der Waals surface area contributed by atoms with Crippen LogP contribution in [0.2, 0.25) is 0 Å². The molecule has 0 spiro atoms. The Bertz CT molecular complexity index is 1340. The number of aromatic amines is 1. The highest BCUT2D eigenvalue weighted by Gasteiger charge is 2.26. The summed E-state index contributed by atoms with van der Waals surface area (Å²) in [7, 11) is 3.22. The molecule has 4 aromatic heterocycles. The highest BCUT2D eigenvalue weighted by molar-refractivity contribution is 6.02. The van der Waals surface area contributed by atoms with Gasteiger partial charge < -0.3 is 18.9 Å². The lowest BCUT2D eigenvalue weighted by molar-refractivity contribution is -0.124. The van der Waals surface area contributed by atoms with E-state index in [1.54, 1.807) is 26.4 Å². The molecule has 0 aromatic carbocycles. The van der Waals surface area contributed by atoms with Crippen molar-refractivity contribution in [3.05, 3.63) is 41.9 Å². The SMILES string of the molecule is CN(C)C(=O)/C(C#N)=C/c1ccc(-c2nc3cnc4[nH]ccc4c3n2CC2CC2)o1. The summed E-state index contributed by atoms with van der Waals surface area (Å²) in [6.07, 6.45) is 7.54. The molecule has 0 atom stereocenters. The molecular formula is C22H20N6O2. The van der Waals surface area contributed by atoms with Gasteiger partial charge in [0, 0.05) is 38.3 Å². The van der Waals surface area contributed by atoms with Gasteiger partial charge in [-0.25, -0.2) is 9.97 Å². The second-order valence-corrected chi connectivity index (χ2v) is 7.79. The van der Waals surface area contributed by atoms with Crippen LogP contribution in [0.15, 0.2) is 40.6 Å². The molecule has 8 nitrogen and oxygen atoms in total. The lowest BCUT2D eigenvalue weighted by atomic mass is 10.2. The highest BCUT2D eigenvalue weighted by Crippen LogP contribution is 2.36. The van der Waals surface area contributed by atoms with Crippen LogP contribution in [0.3, 0.4) is 0 Å². The van der Waals surface area contributed by atoms with E-state index < -0.39 is 0 Å². The Morgan fingerprint density at radius 2 is 2.23 bits per heavy atom. The van der Waals surface area contributed by atoms with Crippen LogP contribution in [0.5, 0.6) is 0 Å². The molecule has 0 aliphatic heterocycles. The second kappa shape index (κ2) is 6.88. The summed E-state index contributed by atoms with van der Waals surface area (Å²) in [5.41, 5.74) is 2.70. The number of H-pyrrole nitrogens is 1. The van der Waals surface area contributed by atoms with Crippen molar-refractivity contribution >= 4 is 34.1 Å². The number of amides is 1. The summed E-state index contributed by atoms with van der Waals surface area (Å²) in [6.45, 7) is 0.866. The van der Waals surface area contributed by atoms with E-state index in [0.717, 1.165) is 34.4 Å². The van der Waals surface area contributed by atoms with Gasteiger partial charge in [0.1, 0.15) is 28.6 Å². The maximum atomic E-state index is 12.1. The number of rotatable bonds is 5. The van der Waals surface area contributed by atoms with Crippen molar-refractivity contribution < 1.29 is 9.21 Å². The highest BCUT2D eigenvalue weighted by atomic mass is 16.3. The smallest absolute Gasteiger partial charge is 0.264 e. The Labute approximate surface area is 172 Å². The summed E-state index contributed by atoms with van der Waals surface area (Å²) in [4.78, 5) is 25.9. The third kappa shape index (κ3) is 3.05. The van der Waals surface area contributed by atoms with Crippen LogP contribution >= 0.6 is 0 Å². The molecule has 0 unspecified atom stereocenters. The van der Waals surface area contributed by atoms with Crippen molar-refractivity contribution in [2.75, 3.05) is 14.1 Å². The summed E-state index contributed by atoms with van der Waals surface area (Å²) < 4.78 is 8.19. The molecular weight excluding hydrogens is 380 g/mol. The Morgan fingerprint density at radius 3 is 2.97 bits per heavy atom. The first-order valence-electron chi connectivity index (χ1n) is 9.81. The van der Waals surface area contributed by atoms with E-state index in [-0.39, 0.29) is 11.5 Å². The Morgan fingerprint density at radius 1 is 1.40 bits per heavy atom. The number of carbonyl (C=O) groups is 1. The lowest BCUT2D eigenvalue weighted by Gasteiger charge is -2.08. The molecule has 0 saturated heterocycles. The molecule has 1 aliphatic rings. The van der Waals surface area contributed by atoms with Gasteiger partial charge in [-0.3, -0.25) is 4.79 Å². The number of nitrogens with zero attached hydrogens (tertiary/aromatic N) is 5. The third-order valence-electron chi connectivity index (χ3n) is 5.32. The number of aromatic nitrogens is 4. The van der Waals surface area contributed by atoms with Crippen LogP contribution in [-0.4, -0.2) is 44.4 Å². The zero-order valence-electron chi connectivity index (χ0n) is 16.7. The fourth-order valence-corrected chi connectivity index (χ4v) is 3.63. The molecule has 5 rings (SSSR count). The molecule has 0 bridgehead atoms. The van der Waals surface area contributed by atoms with Gasteiger partial charge in [-0.1, -0.05) is 0 Å². The number of carbonyl (C=O) groups excluding carboxylic acids is 1. The molecule has 0 radical (unpaired) electrons. The van der Waals surface area contributed by atoms with Gasteiger partial charge in [0.15, 0.2) is 11.6 Å². The fourth-order valence-electron chi connectivity index (χ4n) is 3.63. The third-order valence-corrected chi connectivity index (χ3v) is 5.32. The molecule has 1 saturated carbocycles. The van der Waals surface area contributed by atoms with Gasteiger partial charge in [0.05, 0.1) is 11.7 Å². The molecule has 4 aromatic rings. The van der Waals surface area contributed by atoms with Crippen molar-refractivity contribution in [1.29, 1.82) is 5.26 Å². The van der Waals surface area contributed by atoms with E-state index in [4.69, 9.17) is 9.40 Å². The van der Waals surface area contributed by atoms with E-state index in [1.165, 1.54) is 23.8 Å². The van der Waals surface area contributed by atoms with Crippen molar-refractivity contribution in [3.63, 3.8) is 0 Å². The Kier molecular flexibility index (Phi) is 4.17. The van der Waals surface area contributed by atoms with Crippen molar-refractivity contribution in [1.82, 2.24) is 24.4 Å². The predicted octanol–water partition coefficient (Wildman–Crippen LogP) is 3.58. The Hall–Kier alpha value is -3.86. The minimum atomic E-state index is -0.364.